The van der Waals surface area contributed by atoms with Crippen molar-refractivity contribution in [2.24, 2.45) is 0 Å². The predicted octanol–water partition coefficient (Wildman–Crippen LogP) is 14.0. The summed E-state index contributed by atoms with van der Waals surface area (Å²) in [5.74, 6) is -1.07. The monoisotopic (exact) mass is 907 g/mol. The van der Waals surface area contributed by atoms with Crippen LogP contribution in [0, 0.1) is 0 Å². The van der Waals surface area contributed by atoms with E-state index in [0.717, 1.165) is 31.2 Å². The van der Waals surface area contributed by atoms with Gasteiger partial charge in [-0.1, -0.05) is 98.4 Å². The molecule has 7 aromatic carbocycles. The summed E-state index contributed by atoms with van der Waals surface area (Å²) in [5, 5.41) is 3.66. The van der Waals surface area contributed by atoms with Crippen molar-refractivity contribution in [1.29, 1.82) is 0 Å². The van der Waals surface area contributed by atoms with Crippen LogP contribution in [0.3, 0.4) is 0 Å². The number of nitrogens with two attached hydrogens (primary N) is 1. The van der Waals surface area contributed by atoms with Gasteiger partial charge in [0.1, 0.15) is 23.0 Å². The van der Waals surface area contributed by atoms with Crippen molar-refractivity contribution in [2.45, 2.75) is 105 Å². The molecule has 0 aliphatic rings. The Bertz CT molecular complexity index is 2910. The molecule has 0 saturated heterocycles. The second-order valence-electron chi connectivity index (χ2n) is 17.9. The lowest BCUT2D eigenvalue weighted by atomic mass is 9.83. The molecule has 0 atom stereocenters. The van der Waals surface area contributed by atoms with Crippen molar-refractivity contribution in [3.8, 4) is 23.0 Å². The third-order valence-electron chi connectivity index (χ3n) is 11.9. The van der Waals surface area contributed by atoms with Crippen molar-refractivity contribution >= 4 is 72.7 Å². The molecule has 11 nitrogen and oxygen atoms in total. The first-order valence-electron chi connectivity index (χ1n) is 23.6. The van der Waals surface area contributed by atoms with E-state index in [2.05, 4.69) is 20.8 Å². The molecule has 0 amide bonds. The summed E-state index contributed by atoms with van der Waals surface area (Å²) >= 11 is 0. The molecule has 0 saturated carbocycles. The lowest BCUT2D eigenvalue weighted by Crippen LogP contribution is -2.14. The number of hydrogen-bond donors (Lipinski definition) is 1. The number of carbonyl (C=O) groups excluding carboxylic acids is 4. The summed E-state index contributed by atoms with van der Waals surface area (Å²) in [6.07, 6.45) is 5.78. The summed E-state index contributed by atoms with van der Waals surface area (Å²) in [6, 6.07) is 24.7. The molecule has 0 spiro atoms. The van der Waals surface area contributed by atoms with Crippen molar-refractivity contribution in [2.75, 3.05) is 32.2 Å². The Hall–Kier alpha value is -6.88. The molecule has 0 aromatic heterocycles. The third-order valence-corrected chi connectivity index (χ3v) is 11.9. The van der Waals surface area contributed by atoms with Crippen LogP contribution in [0.1, 0.15) is 147 Å². The molecule has 0 fully saturated rings. The largest absolute Gasteiger partial charge is 0.462 e. The van der Waals surface area contributed by atoms with Gasteiger partial charge in [-0.15, -0.1) is 0 Å². The summed E-state index contributed by atoms with van der Waals surface area (Å²) in [4.78, 5) is 57.5. The predicted molar refractivity (Wildman–Crippen MR) is 265 cm³/mol. The number of fused-ring (bicyclic) bond motifs is 2. The van der Waals surface area contributed by atoms with E-state index in [9.17, 15) is 19.2 Å². The maximum Gasteiger partial charge on any atom is 0.338 e. The first-order chi connectivity index (χ1) is 32.3. The fourth-order valence-corrected chi connectivity index (χ4v) is 8.22. The molecule has 0 aliphatic heterocycles. The van der Waals surface area contributed by atoms with Crippen molar-refractivity contribution in [3.05, 3.63) is 113 Å². The van der Waals surface area contributed by atoms with E-state index in [4.69, 9.17) is 34.2 Å². The second kappa shape index (κ2) is 21.2. The van der Waals surface area contributed by atoms with Gasteiger partial charge in [0.25, 0.3) is 0 Å². The van der Waals surface area contributed by atoms with E-state index >= 15 is 0 Å². The van der Waals surface area contributed by atoms with E-state index in [1.54, 1.807) is 60.7 Å². The van der Waals surface area contributed by atoms with Crippen LogP contribution in [0.4, 0.5) is 5.69 Å². The van der Waals surface area contributed by atoms with Gasteiger partial charge in [-0.2, -0.15) is 0 Å². The van der Waals surface area contributed by atoms with Gasteiger partial charge in [-0.25, -0.2) is 19.2 Å². The minimum absolute atomic E-state index is 0.0942. The molecule has 2 N–H and O–H groups in total. The first kappa shape index (κ1) is 48.1. The molecule has 0 bridgehead atoms. The van der Waals surface area contributed by atoms with Gasteiger partial charge in [0.15, 0.2) is 0 Å². The van der Waals surface area contributed by atoms with Crippen LogP contribution in [0.5, 0.6) is 23.0 Å². The Morgan fingerprint density at radius 2 is 0.776 bits per heavy atom. The van der Waals surface area contributed by atoms with Crippen LogP contribution >= 0.6 is 0 Å². The van der Waals surface area contributed by atoms with Crippen LogP contribution in [-0.2, 0) is 24.4 Å². The van der Waals surface area contributed by atoms with Crippen molar-refractivity contribution in [1.82, 2.24) is 0 Å². The Balaban J connectivity index is 1.68. The molecule has 0 aliphatic carbocycles. The molecular formula is C56H61NO10. The normalized spacial score (nSPS) is 11.6. The molecule has 0 unspecified atom stereocenters. The van der Waals surface area contributed by atoms with E-state index < -0.39 is 23.9 Å². The molecule has 67 heavy (non-hydrogen) atoms. The highest BCUT2D eigenvalue weighted by atomic mass is 16.5. The van der Waals surface area contributed by atoms with E-state index in [1.165, 1.54) is 0 Å². The highest BCUT2D eigenvalue weighted by molar-refractivity contribution is 6.40. The number of carbonyl (C=O) groups is 4. The highest BCUT2D eigenvalue weighted by Gasteiger charge is 2.32. The minimum atomic E-state index is -0.649. The molecule has 11 heteroatoms. The van der Waals surface area contributed by atoms with Crippen molar-refractivity contribution in [3.63, 3.8) is 0 Å². The van der Waals surface area contributed by atoms with Crippen LogP contribution in [0.25, 0.3) is 43.1 Å². The standard InChI is InChI=1S/C56H61NO10/c1-8-12-28-62-52(58)40-27-25-39-49-45(67-37-22-18-35(57)19-23-37)33-43(55(61)65-31-15-11-4)47-41(53(59)63-29-13-9-2)26-24-38(51(47)49)48-44(66-36-20-16-34(17-21-36)56(5,6)7)32-42(46(40)50(39)48)54(60)64-30-14-10-3/h16-27,32-33H,8-15,28-31,57H2,1-7H3. The Morgan fingerprint density at radius 1 is 0.433 bits per heavy atom. The van der Waals surface area contributed by atoms with Crippen LogP contribution in [0.2, 0.25) is 0 Å². The second-order valence-corrected chi connectivity index (χ2v) is 17.9. The van der Waals surface area contributed by atoms with Crippen molar-refractivity contribution < 1.29 is 47.6 Å². The maximum absolute atomic E-state index is 14.5. The zero-order chi connectivity index (χ0) is 47.8. The van der Waals surface area contributed by atoms with Gasteiger partial charge in [-0.3, -0.25) is 0 Å². The number of nitrogen functional groups attached to an aromatic ring is 1. The van der Waals surface area contributed by atoms with Crippen LogP contribution in [0.15, 0.2) is 84.9 Å². The zero-order valence-corrected chi connectivity index (χ0v) is 39.7. The fourth-order valence-electron chi connectivity index (χ4n) is 8.22. The van der Waals surface area contributed by atoms with E-state index in [0.29, 0.717) is 86.0 Å². The zero-order valence-electron chi connectivity index (χ0n) is 39.7. The van der Waals surface area contributed by atoms with Gasteiger partial charge in [0.05, 0.1) is 48.7 Å². The number of anilines is 1. The van der Waals surface area contributed by atoms with E-state index in [-0.39, 0.29) is 65.6 Å². The number of esters is 4. The summed E-state index contributed by atoms with van der Waals surface area (Å²) < 4.78 is 37.1. The highest BCUT2D eigenvalue weighted by Crippen LogP contribution is 2.52. The fraction of sp³-hybridized carbons (Fsp3) is 0.357. The topological polar surface area (TPSA) is 150 Å². The van der Waals surface area contributed by atoms with Crippen LogP contribution in [-0.4, -0.2) is 50.3 Å². The number of ether oxygens (including phenoxy) is 6. The summed E-state index contributed by atoms with van der Waals surface area (Å²) in [6.45, 7) is 15.1. The molecular weight excluding hydrogens is 847 g/mol. The quantitative estimate of drug-likeness (QED) is 0.0194. The Kier molecular flexibility index (Phi) is 15.2. The van der Waals surface area contributed by atoms with Gasteiger partial charge < -0.3 is 34.2 Å². The average Bonchev–Trinajstić information content (AvgIpc) is 3.31. The number of hydrogen-bond acceptors (Lipinski definition) is 11. The smallest absolute Gasteiger partial charge is 0.338 e. The SMILES string of the molecule is CCCCOC(=O)c1ccc2c3c(Oc4ccc(C(C)(C)C)cc4)cc(C(=O)OCCCC)c4c(C(=O)OCCCC)ccc(c5c(Oc6ccc(N)cc6)cc(C(=O)OCCCC)c1c25)c43. The lowest BCUT2D eigenvalue weighted by Gasteiger charge is -2.24. The van der Waals surface area contributed by atoms with Crippen LogP contribution < -0.4 is 15.2 Å². The van der Waals surface area contributed by atoms with E-state index in [1.807, 2.05) is 52.0 Å². The number of unbranched alkanes of at least 4 members (excludes halogenated alkanes) is 4. The van der Waals surface area contributed by atoms with Gasteiger partial charge in [0, 0.05) is 38.0 Å². The first-order valence-corrected chi connectivity index (χ1v) is 23.6. The minimum Gasteiger partial charge on any atom is -0.462 e. The Labute approximate surface area is 392 Å². The molecule has 7 aromatic rings. The maximum atomic E-state index is 14.5. The summed E-state index contributed by atoms with van der Waals surface area (Å²) in [5.41, 5.74) is 8.10. The number of benzene rings is 7. The molecule has 0 heterocycles. The number of rotatable bonds is 20. The molecule has 350 valence electrons. The Morgan fingerprint density at radius 3 is 1.12 bits per heavy atom. The average molecular weight is 908 g/mol. The lowest BCUT2D eigenvalue weighted by molar-refractivity contribution is 0.0484. The van der Waals surface area contributed by atoms with Gasteiger partial charge in [-0.05, 0) is 108 Å². The van der Waals surface area contributed by atoms with Gasteiger partial charge in [0.2, 0.25) is 0 Å². The molecule has 7 rings (SSSR count). The van der Waals surface area contributed by atoms with Gasteiger partial charge >= 0.3 is 23.9 Å². The summed E-state index contributed by atoms with van der Waals surface area (Å²) in [7, 11) is 0. The molecule has 0 radical (unpaired) electrons. The third kappa shape index (κ3) is 10.3.